The second kappa shape index (κ2) is 6.83. The molecular weight excluding hydrogens is 240 g/mol. The fourth-order valence-corrected chi connectivity index (χ4v) is 2.12. The molecule has 1 rings (SSSR count). The van der Waals surface area contributed by atoms with Gasteiger partial charge in [0, 0.05) is 5.92 Å². The summed E-state index contributed by atoms with van der Waals surface area (Å²) in [7, 11) is 0. The molecule has 7 nitrogen and oxygen atoms in total. The van der Waals surface area contributed by atoms with Gasteiger partial charge < -0.3 is 20.9 Å². The van der Waals surface area contributed by atoms with Crippen molar-refractivity contribution in [2.24, 2.45) is 17.6 Å². The van der Waals surface area contributed by atoms with Crippen molar-refractivity contribution in [3.05, 3.63) is 0 Å². The fraction of sp³-hybridized carbons (Fsp3) is 0.727. The van der Waals surface area contributed by atoms with Crippen molar-refractivity contribution in [2.45, 2.75) is 25.7 Å². The predicted octanol–water partition coefficient (Wildman–Crippen LogP) is 0.0889. The topological polar surface area (TPSA) is 119 Å². The maximum atomic E-state index is 11.7. The average molecular weight is 258 g/mol. The number of carbonyl (C=O) groups excluding carboxylic acids is 2. The van der Waals surface area contributed by atoms with E-state index in [0.717, 1.165) is 6.42 Å². The van der Waals surface area contributed by atoms with Crippen LogP contribution in [-0.2, 0) is 14.3 Å². The second-order valence-corrected chi connectivity index (χ2v) is 4.36. The Morgan fingerprint density at radius 2 is 1.94 bits per heavy atom. The van der Waals surface area contributed by atoms with Gasteiger partial charge in [-0.15, -0.1) is 0 Å². The van der Waals surface area contributed by atoms with Crippen LogP contribution >= 0.6 is 0 Å². The maximum absolute atomic E-state index is 11.7. The standard InChI is InChI=1S/C11H18N2O5/c12-11(17)18-5-4-13-9(14)7-2-1-3-8(6-7)10(15)16/h7-8H,1-6H2,(H2,12,17)(H,13,14)(H,15,16). The van der Waals surface area contributed by atoms with Crippen LogP contribution in [0.5, 0.6) is 0 Å². The van der Waals surface area contributed by atoms with Crippen LogP contribution in [0.4, 0.5) is 4.79 Å². The van der Waals surface area contributed by atoms with Gasteiger partial charge in [-0.25, -0.2) is 4.79 Å². The molecule has 102 valence electrons. The van der Waals surface area contributed by atoms with Crippen LogP contribution in [-0.4, -0.2) is 36.2 Å². The number of hydrogen-bond acceptors (Lipinski definition) is 4. The lowest BCUT2D eigenvalue weighted by molar-refractivity contribution is -0.144. The van der Waals surface area contributed by atoms with E-state index in [9.17, 15) is 14.4 Å². The van der Waals surface area contributed by atoms with E-state index in [-0.39, 0.29) is 25.0 Å². The number of carboxylic acid groups (broad SMARTS) is 1. The molecule has 0 aliphatic heterocycles. The highest BCUT2D eigenvalue weighted by molar-refractivity contribution is 5.80. The number of carboxylic acids is 1. The third-order valence-electron chi connectivity index (χ3n) is 3.04. The summed E-state index contributed by atoms with van der Waals surface area (Å²) in [5, 5.41) is 11.5. The zero-order chi connectivity index (χ0) is 13.5. The van der Waals surface area contributed by atoms with E-state index in [1.807, 2.05) is 0 Å². The van der Waals surface area contributed by atoms with Gasteiger partial charge >= 0.3 is 12.1 Å². The van der Waals surface area contributed by atoms with Crippen LogP contribution in [0, 0.1) is 11.8 Å². The zero-order valence-electron chi connectivity index (χ0n) is 10.1. The molecule has 0 aromatic heterocycles. The Labute approximate surface area is 105 Å². The average Bonchev–Trinajstić information content (AvgIpc) is 2.34. The molecule has 4 N–H and O–H groups in total. The highest BCUT2D eigenvalue weighted by atomic mass is 16.5. The molecule has 2 unspecified atom stereocenters. The minimum atomic E-state index is -0.882. The maximum Gasteiger partial charge on any atom is 0.404 e. The molecule has 1 saturated carbocycles. The number of hydrogen-bond donors (Lipinski definition) is 3. The number of aliphatic carboxylic acids is 1. The van der Waals surface area contributed by atoms with Crippen LogP contribution in [0.3, 0.4) is 0 Å². The van der Waals surface area contributed by atoms with Crippen LogP contribution in [0.2, 0.25) is 0 Å². The summed E-state index contributed by atoms with van der Waals surface area (Å²) in [5.74, 6) is -1.73. The van der Waals surface area contributed by atoms with E-state index in [1.54, 1.807) is 0 Å². The quantitative estimate of drug-likeness (QED) is 0.604. The Morgan fingerprint density at radius 1 is 1.28 bits per heavy atom. The molecule has 0 bridgehead atoms. The monoisotopic (exact) mass is 258 g/mol. The molecule has 0 saturated heterocycles. The Morgan fingerprint density at radius 3 is 2.56 bits per heavy atom. The molecule has 0 aromatic carbocycles. The zero-order valence-corrected chi connectivity index (χ0v) is 10.1. The van der Waals surface area contributed by atoms with Gasteiger partial charge in [-0.3, -0.25) is 9.59 Å². The predicted molar refractivity (Wildman–Crippen MR) is 61.6 cm³/mol. The lowest BCUT2D eigenvalue weighted by Crippen LogP contribution is -2.37. The number of ether oxygens (including phenoxy) is 1. The first-order chi connectivity index (χ1) is 8.50. The van der Waals surface area contributed by atoms with E-state index in [2.05, 4.69) is 10.1 Å². The minimum Gasteiger partial charge on any atom is -0.481 e. The number of rotatable bonds is 5. The summed E-state index contributed by atoms with van der Waals surface area (Å²) in [6.07, 6.45) is 1.56. The number of carbonyl (C=O) groups is 3. The number of amides is 2. The van der Waals surface area contributed by atoms with Gasteiger partial charge in [0.2, 0.25) is 5.91 Å². The van der Waals surface area contributed by atoms with Crippen molar-refractivity contribution in [2.75, 3.05) is 13.2 Å². The molecule has 18 heavy (non-hydrogen) atoms. The van der Waals surface area contributed by atoms with Gasteiger partial charge in [-0.05, 0) is 19.3 Å². The van der Waals surface area contributed by atoms with E-state index in [4.69, 9.17) is 10.8 Å². The van der Waals surface area contributed by atoms with Gasteiger partial charge in [0.05, 0.1) is 12.5 Å². The molecule has 1 aliphatic rings. The first-order valence-corrected chi connectivity index (χ1v) is 5.93. The molecular formula is C11H18N2O5. The van der Waals surface area contributed by atoms with Gasteiger partial charge in [0.1, 0.15) is 6.61 Å². The third-order valence-corrected chi connectivity index (χ3v) is 3.04. The van der Waals surface area contributed by atoms with Gasteiger partial charge in [0.25, 0.3) is 0 Å². The van der Waals surface area contributed by atoms with Crippen LogP contribution < -0.4 is 11.1 Å². The second-order valence-electron chi connectivity index (χ2n) is 4.36. The molecule has 0 aromatic rings. The summed E-state index contributed by atoms with van der Waals surface area (Å²) in [5.41, 5.74) is 4.76. The summed E-state index contributed by atoms with van der Waals surface area (Å²) < 4.78 is 4.47. The summed E-state index contributed by atoms with van der Waals surface area (Å²) in [6.45, 7) is 0.214. The largest absolute Gasteiger partial charge is 0.481 e. The van der Waals surface area contributed by atoms with Crippen molar-refractivity contribution in [3.8, 4) is 0 Å². The van der Waals surface area contributed by atoms with Crippen molar-refractivity contribution in [1.29, 1.82) is 0 Å². The highest BCUT2D eigenvalue weighted by Crippen LogP contribution is 2.29. The van der Waals surface area contributed by atoms with Crippen molar-refractivity contribution in [3.63, 3.8) is 0 Å². The molecule has 2 atom stereocenters. The smallest absolute Gasteiger partial charge is 0.404 e. The molecule has 0 radical (unpaired) electrons. The number of nitrogens with two attached hydrogens (primary N) is 1. The summed E-state index contributed by atoms with van der Waals surface area (Å²) >= 11 is 0. The van der Waals surface area contributed by atoms with E-state index in [0.29, 0.717) is 19.3 Å². The SMILES string of the molecule is NC(=O)OCCNC(=O)C1CCCC(C(=O)O)C1. The van der Waals surface area contributed by atoms with E-state index < -0.39 is 18.0 Å². The van der Waals surface area contributed by atoms with E-state index in [1.165, 1.54) is 0 Å². The van der Waals surface area contributed by atoms with Gasteiger partial charge in [-0.1, -0.05) is 6.42 Å². The lowest BCUT2D eigenvalue weighted by atomic mass is 9.81. The molecule has 0 heterocycles. The van der Waals surface area contributed by atoms with Crippen LogP contribution in [0.1, 0.15) is 25.7 Å². The fourth-order valence-electron chi connectivity index (χ4n) is 2.12. The first-order valence-electron chi connectivity index (χ1n) is 5.93. The molecule has 1 fully saturated rings. The number of nitrogens with one attached hydrogen (secondary N) is 1. The van der Waals surface area contributed by atoms with E-state index >= 15 is 0 Å². The number of primary amides is 1. The Balaban J connectivity index is 2.28. The van der Waals surface area contributed by atoms with Crippen molar-refractivity contribution in [1.82, 2.24) is 5.32 Å². The Bertz CT molecular complexity index is 331. The van der Waals surface area contributed by atoms with Gasteiger partial charge in [-0.2, -0.15) is 0 Å². The van der Waals surface area contributed by atoms with Gasteiger partial charge in [0.15, 0.2) is 0 Å². The van der Waals surface area contributed by atoms with Crippen molar-refractivity contribution >= 4 is 18.0 Å². The highest BCUT2D eigenvalue weighted by Gasteiger charge is 2.30. The summed E-state index contributed by atoms with van der Waals surface area (Å²) in [4.78, 5) is 32.9. The minimum absolute atomic E-state index is 0.0240. The Hall–Kier alpha value is -1.79. The molecule has 1 aliphatic carbocycles. The summed E-state index contributed by atoms with van der Waals surface area (Å²) in [6, 6.07) is 0. The van der Waals surface area contributed by atoms with Crippen LogP contribution in [0.15, 0.2) is 0 Å². The van der Waals surface area contributed by atoms with Crippen LogP contribution in [0.25, 0.3) is 0 Å². The molecule has 7 heteroatoms. The molecule has 2 amide bonds. The first kappa shape index (κ1) is 14.3. The molecule has 0 spiro atoms. The van der Waals surface area contributed by atoms with Crippen molar-refractivity contribution < 1.29 is 24.2 Å². The Kier molecular flexibility index (Phi) is 5.41. The normalized spacial score (nSPS) is 23.1. The third kappa shape index (κ3) is 4.60. The lowest BCUT2D eigenvalue weighted by Gasteiger charge is -2.25.